The van der Waals surface area contributed by atoms with Gasteiger partial charge in [0.1, 0.15) is 11.4 Å². The van der Waals surface area contributed by atoms with Crippen molar-refractivity contribution >= 4 is 6.03 Å². The standard InChI is InChI=1S/C26H30N4O3/c1-18-4-7-22(14-19(18)2)26(29-16-21-10-12-27-24(31)15-21)17-28-25(32)30(26)13-11-20-5-8-23(33-3)9-6-20/h4-10,12,14-15,29H,11,13,16-17H2,1-3H3,(H,27,31)(H,28,32). The number of ether oxygens (including phenoxy) is 1. The predicted molar refractivity (Wildman–Crippen MR) is 127 cm³/mol. The minimum absolute atomic E-state index is 0.0217. The average molecular weight is 447 g/mol. The summed E-state index contributed by atoms with van der Waals surface area (Å²) in [5.74, 6) is 0.788. The van der Waals surface area contributed by atoms with Gasteiger partial charge in [-0.05, 0) is 66.3 Å². The van der Waals surface area contributed by atoms with Crippen molar-refractivity contribution in [3.05, 3.63) is 88.6 Å². The van der Waals surface area contributed by atoms with Crippen molar-refractivity contribution in [2.75, 3.05) is 20.2 Å². The molecule has 4 rings (SSSR count). The molecule has 7 heteroatoms. The lowest BCUT2D eigenvalue weighted by atomic mass is 9.94. The van der Waals surface area contributed by atoms with E-state index in [1.807, 2.05) is 35.2 Å². The third-order valence-electron chi connectivity index (χ3n) is 6.36. The van der Waals surface area contributed by atoms with Crippen LogP contribution in [0, 0.1) is 13.8 Å². The van der Waals surface area contributed by atoms with E-state index in [1.54, 1.807) is 19.4 Å². The Morgan fingerprint density at radius 1 is 1.09 bits per heavy atom. The maximum Gasteiger partial charge on any atom is 0.319 e. The Kier molecular flexibility index (Phi) is 6.51. The second-order valence-corrected chi connectivity index (χ2v) is 8.44. The lowest BCUT2D eigenvalue weighted by molar-refractivity contribution is 0.124. The number of nitrogens with zero attached hydrogens (tertiary/aromatic N) is 2. The van der Waals surface area contributed by atoms with E-state index in [0.29, 0.717) is 26.1 Å². The number of hydrogen-bond donors (Lipinski definition) is 3. The van der Waals surface area contributed by atoms with Crippen LogP contribution in [0.2, 0.25) is 0 Å². The maximum absolute atomic E-state index is 13.0. The molecule has 0 aliphatic carbocycles. The number of pyridine rings is 1. The van der Waals surface area contributed by atoms with Crippen LogP contribution in [0.3, 0.4) is 0 Å². The topological polar surface area (TPSA) is 86.7 Å². The fourth-order valence-electron chi connectivity index (χ4n) is 4.23. The second kappa shape index (κ2) is 9.50. The molecule has 0 bridgehead atoms. The molecule has 1 saturated heterocycles. The van der Waals surface area contributed by atoms with Gasteiger partial charge in [-0.2, -0.15) is 0 Å². The number of aryl methyl sites for hydroxylation is 2. The van der Waals surface area contributed by atoms with Crippen molar-refractivity contribution in [3.8, 4) is 11.6 Å². The smallest absolute Gasteiger partial charge is 0.319 e. The molecular formula is C26H30N4O3. The van der Waals surface area contributed by atoms with Crippen LogP contribution in [0.1, 0.15) is 27.8 Å². The molecule has 1 unspecified atom stereocenters. The first kappa shape index (κ1) is 22.6. The zero-order chi connectivity index (χ0) is 23.4. The van der Waals surface area contributed by atoms with Crippen molar-refractivity contribution in [2.45, 2.75) is 32.5 Å². The van der Waals surface area contributed by atoms with Gasteiger partial charge >= 0.3 is 6.03 Å². The number of nitrogens with one attached hydrogen (secondary N) is 2. The summed E-state index contributed by atoms with van der Waals surface area (Å²) in [7, 11) is 1.65. The van der Waals surface area contributed by atoms with Gasteiger partial charge in [-0.3, -0.25) is 5.32 Å². The van der Waals surface area contributed by atoms with E-state index in [9.17, 15) is 9.90 Å². The highest BCUT2D eigenvalue weighted by Gasteiger charge is 2.46. The molecular weight excluding hydrogens is 416 g/mol. The fraction of sp³-hybridized carbons (Fsp3) is 0.308. The summed E-state index contributed by atoms with van der Waals surface area (Å²) < 4.78 is 5.25. The molecule has 7 nitrogen and oxygen atoms in total. The van der Waals surface area contributed by atoms with Crippen LogP contribution < -0.4 is 15.4 Å². The SMILES string of the molecule is COc1ccc(CCN2C(=O)NCC2(NCc2ccnc(O)c2)c2ccc(C)c(C)c2)cc1. The highest BCUT2D eigenvalue weighted by Crippen LogP contribution is 2.32. The first-order chi connectivity index (χ1) is 15.9. The van der Waals surface area contributed by atoms with Crippen molar-refractivity contribution in [1.29, 1.82) is 0 Å². The number of benzene rings is 2. The number of aromatic hydroxyl groups is 1. The first-order valence-corrected chi connectivity index (χ1v) is 11.1. The van der Waals surface area contributed by atoms with Gasteiger partial charge in [0.25, 0.3) is 0 Å². The molecule has 1 fully saturated rings. The van der Waals surface area contributed by atoms with Crippen molar-refractivity contribution in [3.63, 3.8) is 0 Å². The van der Waals surface area contributed by atoms with Gasteiger partial charge in [-0.1, -0.05) is 30.3 Å². The van der Waals surface area contributed by atoms with Crippen molar-refractivity contribution < 1.29 is 14.6 Å². The van der Waals surface area contributed by atoms with Gasteiger partial charge in [-0.25, -0.2) is 9.78 Å². The van der Waals surface area contributed by atoms with Crippen molar-refractivity contribution in [2.24, 2.45) is 0 Å². The van der Waals surface area contributed by atoms with Gasteiger partial charge in [0.2, 0.25) is 5.88 Å². The molecule has 1 aliphatic rings. The zero-order valence-electron chi connectivity index (χ0n) is 19.3. The molecule has 2 aromatic carbocycles. The van der Waals surface area contributed by atoms with E-state index >= 15 is 0 Å². The van der Waals surface area contributed by atoms with Gasteiger partial charge in [0.05, 0.1) is 13.7 Å². The monoisotopic (exact) mass is 446 g/mol. The van der Waals surface area contributed by atoms with Crippen LogP contribution in [-0.2, 0) is 18.6 Å². The third kappa shape index (κ3) is 4.78. The number of methoxy groups -OCH3 is 1. The molecule has 0 spiro atoms. The van der Waals surface area contributed by atoms with E-state index in [0.717, 1.165) is 22.4 Å². The molecule has 1 aliphatic heterocycles. The lowest BCUT2D eigenvalue weighted by Crippen LogP contribution is -2.55. The minimum Gasteiger partial charge on any atom is -0.497 e. The fourth-order valence-corrected chi connectivity index (χ4v) is 4.23. The van der Waals surface area contributed by atoms with Crippen LogP contribution in [-0.4, -0.2) is 41.2 Å². The number of aromatic nitrogens is 1. The van der Waals surface area contributed by atoms with Crippen LogP contribution >= 0.6 is 0 Å². The van der Waals surface area contributed by atoms with E-state index in [4.69, 9.17) is 4.74 Å². The molecule has 2 amide bonds. The van der Waals surface area contributed by atoms with Crippen molar-refractivity contribution in [1.82, 2.24) is 20.5 Å². The Labute approximate surface area is 194 Å². The van der Waals surface area contributed by atoms with E-state index in [1.165, 1.54) is 11.1 Å². The first-order valence-electron chi connectivity index (χ1n) is 11.1. The van der Waals surface area contributed by atoms with Gasteiger partial charge in [-0.15, -0.1) is 0 Å². The molecule has 1 aromatic heterocycles. The highest BCUT2D eigenvalue weighted by molar-refractivity contribution is 5.78. The summed E-state index contributed by atoms with van der Waals surface area (Å²) in [6, 6.07) is 17.6. The predicted octanol–water partition coefficient (Wildman–Crippen LogP) is 3.62. The quantitative estimate of drug-likeness (QED) is 0.492. The Hall–Kier alpha value is -3.58. The highest BCUT2D eigenvalue weighted by atomic mass is 16.5. The Bertz CT molecular complexity index is 1130. The van der Waals surface area contributed by atoms with Crippen LogP contribution in [0.15, 0.2) is 60.8 Å². The summed E-state index contributed by atoms with van der Waals surface area (Å²) >= 11 is 0. The number of carbonyl (C=O) groups excluding carboxylic acids is 1. The number of urea groups is 1. The van der Waals surface area contributed by atoms with E-state index < -0.39 is 5.66 Å². The average Bonchev–Trinajstić information content (AvgIpc) is 3.14. The van der Waals surface area contributed by atoms with Crippen LogP contribution in [0.4, 0.5) is 4.79 Å². The second-order valence-electron chi connectivity index (χ2n) is 8.44. The number of rotatable bonds is 8. The Morgan fingerprint density at radius 2 is 1.88 bits per heavy atom. The summed E-state index contributed by atoms with van der Waals surface area (Å²) in [5.41, 5.74) is 4.70. The van der Waals surface area contributed by atoms with Crippen LogP contribution in [0.25, 0.3) is 0 Å². The molecule has 172 valence electrons. The summed E-state index contributed by atoms with van der Waals surface area (Å²) in [5, 5.41) is 16.4. The van der Waals surface area contributed by atoms with Gasteiger partial charge in [0.15, 0.2) is 0 Å². The number of carbonyl (C=O) groups is 1. The van der Waals surface area contributed by atoms with E-state index in [2.05, 4.69) is 47.7 Å². The van der Waals surface area contributed by atoms with Crippen LogP contribution in [0.5, 0.6) is 11.6 Å². The number of amides is 2. The summed E-state index contributed by atoms with van der Waals surface area (Å²) in [6.07, 6.45) is 2.29. The summed E-state index contributed by atoms with van der Waals surface area (Å²) in [4.78, 5) is 18.7. The van der Waals surface area contributed by atoms with E-state index in [-0.39, 0.29) is 11.9 Å². The van der Waals surface area contributed by atoms with Gasteiger partial charge < -0.3 is 20.1 Å². The molecule has 0 radical (unpaired) electrons. The molecule has 3 N–H and O–H groups in total. The zero-order valence-corrected chi connectivity index (χ0v) is 19.3. The summed E-state index contributed by atoms with van der Waals surface area (Å²) in [6.45, 7) is 5.61. The molecule has 3 aromatic rings. The number of hydrogen-bond acceptors (Lipinski definition) is 5. The Balaban J connectivity index is 1.64. The Morgan fingerprint density at radius 3 is 2.58 bits per heavy atom. The van der Waals surface area contributed by atoms with Gasteiger partial charge in [0, 0.05) is 25.4 Å². The molecule has 0 saturated carbocycles. The maximum atomic E-state index is 13.0. The third-order valence-corrected chi connectivity index (χ3v) is 6.36. The molecule has 1 atom stereocenters. The lowest BCUT2D eigenvalue weighted by Gasteiger charge is -2.39. The minimum atomic E-state index is -0.721. The normalized spacial score (nSPS) is 17.8. The molecule has 33 heavy (non-hydrogen) atoms. The largest absolute Gasteiger partial charge is 0.497 e. The molecule has 2 heterocycles.